The monoisotopic (exact) mass is 495 g/mol. The fourth-order valence-electron chi connectivity index (χ4n) is 5.28. The van der Waals surface area contributed by atoms with E-state index in [9.17, 15) is 4.79 Å². The van der Waals surface area contributed by atoms with Crippen LogP contribution in [-0.4, -0.2) is 12.1 Å². The van der Waals surface area contributed by atoms with E-state index in [0.29, 0.717) is 0 Å². The first-order valence-corrected chi connectivity index (χ1v) is 16.4. The zero-order valence-corrected chi connectivity index (χ0v) is 24.7. The zero-order valence-electron chi connectivity index (χ0n) is 24.7. The van der Waals surface area contributed by atoms with Crippen LogP contribution in [0.15, 0.2) is 0 Å². The molecule has 0 radical (unpaired) electrons. The SMILES string of the molecule is CCCCCCCCCCCCCCCCCCCC(CCCCCCCCCCC)OC(C)=O. The van der Waals surface area contributed by atoms with E-state index in [4.69, 9.17) is 4.74 Å². The third-order valence-electron chi connectivity index (χ3n) is 7.59. The van der Waals surface area contributed by atoms with Crippen LogP contribution in [0.2, 0.25) is 0 Å². The van der Waals surface area contributed by atoms with Crippen LogP contribution in [-0.2, 0) is 9.53 Å². The highest BCUT2D eigenvalue weighted by atomic mass is 16.5. The summed E-state index contributed by atoms with van der Waals surface area (Å²) >= 11 is 0. The fourth-order valence-corrected chi connectivity index (χ4v) is 5.28. The quantitative estimate of drug-likeness (QED) is 0.0763. The summed E-state index contributed by atoms with van der Waals surface area (Å²) in [5.41, 5.74) is 0. The molecule has 0 aliphatic rings. The van der Waals surface area contributed by atoms with Gasteiger partial charge in [-0.2, -0.15) is 0 Å². The van der Waals surface area contributed by atoms with E-state index in [-0.39, 0.29) is 12.1 Å². The molecule has 0 saturated carbocycles. The molecule has 0 bridgehead atoms. The normalized spacial score (nSPS) is 12.2. The highest BCUT2D eigenvalue weighted by Crippen LogP contribution is 2.18. The molecule has 0 rings (SSSR count). The third-order valence-corrected chi connectivity index (χ3v) is 7.59. The molecule has 35 heavy (non-hydrogen) atoms. The van der Waals surface area contributed by atoms with E-state index >= 15 is 0 Å². The predicted molar refractivity (Wildman–Crippen MR) is 156 cm³/mol. The van der Waals surface area contributed by atoms with E-state index in [0.717, 1.165) is 12.8 Å². The van der Waals surface area contributed by atoms with Crippen molar-refractivity contribution in [3.05, 3.63) is 0 Å². The van der Waals surface area contributed by atoms with Gasteiger partial charge in [0.1, 0.15) is 6.10 Å². The van der Waals surface area contributed by atoms with Gasteiger partial charge in [0.2, 0.25) is 0 Å². The summed E-state index contributed by atoms with van der Waals surface area (Å²) in [5.74, 6) is -0.0992. The molecule has 0 aromatic rings. The minimum Gasteiger partial charge on any atom is -0.463 e. The number of hydrogen-bond acceptors (Lipinski definition) is 2. The summed E-state index contributed by atoms with van der Waals surface area (Å²) in [6, 6.07) is 0. The van der Waals surface area contributed by atoms with Crippen molar-refractivity contribution in [3.63, 3.8) is 0 Å². The number of unbranched alkanes of at least 4 members (excludes halogenated alkanes) is 24. The van der Waals surface area contributed by atoms with Gasteiger partial charge in [-0.15, -0.1) is 0 Å². The summed E-state index contributed by atoms with van der Waals surface area (Å²) in [7, 11) is 0. The van der Waals surface area contributed by atoms with Crippen LogP contribution >= 0.6 is 0 Å². The van der Waals surface area contributed by atoms with Gasteiger partial charge >= 0.3 is 5.97 Å². The Bertz CT molecular complexity index is 406. The molecular weight excluding hydrogens is 428 g/mol. The molecule has 0 spiro atoms. The standard InChI is InChI=1S/C33H66O2/c1-4-6-8-10-12-14-15-16-17-18-19-20-21-23-25-27-29-31-33(35-32(3)34)30-28-26-24-22-13-11-9-7-5-2/h33H,4-31H2,1-3H3. The Hall–Kier alpha value is -0.530. The molecule has 0 fully saturated rings. The Morgan fingerprint density at radius 3 is 0.886 bits per heavy atom. The van der Waals surface area contributed by atoms with Crippen LogP contribution in [0.1, 0.15) is 201 Å². The average Bonchev–Trinajstić information content (AvgIpc) is 2.84. The van der Waals surface area contributed by atoms with Gasteiger partial charge in [-0.25, -0.2) is 0 Å². The van der Waals surface area contributed by atoms with Gasteiger partial charge in [-0.05, 0) is 25.7 Å². The maximum atomic E-state index is 11.5. The van der Waals surface area contributed by atoms with E-state index < -0.39 is 0 Å². The average molecular weight is 495 g/mol. The number of rotatable bonds is 29. The lowest BCUT2D eigenvalue weighted by atomic mass is 10.0. The van der Waals surface area contributed by atoms with Crippen molar-refractivity contribution < 1.29 is 9.53 Å². The molecule has 0 aliphatic heterocycles. The van der Waals surface area contributed by atoms with E-state index in [1.807, 2.05) is 0 Å². The predicted octanol–water partition coefficient (Wildman–Crippen LogP) is 11.9. The third kappa shape index (κ3) is 29.6. The summed E-state index contributed by atoms with van der Waals surface area (Å²) in [4.78, 5) is 11.5. The molecule has 0 aliphatic carbocycles. The number of carbonyl (C=O) groups excluding carboxylic acids is 1. The first-order valence-electron chi connectivity index (χ1n) is 16.4. The Morgan fingerprint density at radius 1 is 0.429 bits per heavy atom. The second-order valence-corrected chi connectivity index (χ2v) is 11.3. The Labute approximate surface area is 222 Å². The Kier molecular flexibility index (Phi) is 29.2. The second kappa shape index (κ2) is 29.7. The van der Waals surface area contributed by atoms with Crippen molar-refractivity contribution in [2.45, 2.75) is 207 Å². The van der Waals surface area contributed by atoms with E-state index in [2.05, 4.69) is 13.8 Å². The smallest absolute Gasteiger partial charge is 0.302 e. The highest BCUT2D eigenvalue weighted by Gasteiger charge is 2.11. The minimum absolute atomic E-state index is 0.0992. The summed E-state index contributed by atoms with van der Waals surface area (Å²) < 4.78 is 5.61. The summed E-state index contributed by atoms with van der Waals surface area (Å²) in [6.07, 6.45) is 38.4. The van der Waals surface area contributed by atoms with Crippen LogP contribution in [0.3, 0.4) is 0 Å². The van der Waals surface area contributed by atoms with Gasteiger partial charge in [0.15, 0.2) is 0 Å². The Balaban J connectivity index is 3.45. The van der Waals surface area contributed by atoms with Crippen molar-refractivity contribution >= 4 is 5.97 Å². The second-order valence-electron chi connectivity index (χ2n) is 11.3. The van der Waals surface area contributed by atoms with E-state index in [1.54, 1.807) is 6.92 Å². The molecule has 0 aromatic carbocycles. The highest BCUT2D eigenvalue weighted by molar-refractivity contribution is 5.66. The van der Waals surface area contributed by atoms with Gasteiger partial charge in [-0.3, -0.25) is 4.79 Å². The molecule has 0 heterocycles. The van der Waals surface area contributed by atoms with Gasteiger partial charge in [-0.1, -0.05) is 168 Å². The number of carbonyl (C=O) groups is 1. The molecule has 1 atom stereocenters. The molecule has 2 nitrogen and oxygen atoms in total. The van der Waals surface area contributed by atoms with Crippen molar-refractivity contribution in [2.24, 2.45) is 0 Å². The molecule has 0 saturated heterocycles. The molecule has 1 unspecified atom stereocenters. The summed E-state index contributed by atoms with van der Waals surface area (Å²) in [6.45, 7) is 6.14. The van der Waals surface area contributed by atoms with Crippen LogP contribution in [0, 0.1) is 0 Å². The van der Waals surface area contributed by atoms with Crippen LogP contribution in [0.4, 0.5) is 0 Å². The van der Waals surface area contributed by atoms with Crippen molar-refractivity contribution in [2.75, 3.05) is 0 Å². The van der Waals surface area contributed by atoms with Gasteiger partial charge < -0.3 is 4.74 Å². The van der Waals surface area contributed by atoms with Gasteiger partial charge in [0.05, 0.1) is 0 Å². The van der Waals surface area contributed by atoms with Crippen molar-refractivity contribution in [3.8, 4) is 0 Å². The molecule has 0 aromatic heterocycles. The molecular formula is C33H66O2. The molecule has 2 heteroatoms. The van der Waals surface area contributed by atoms with E-state index in [1.165, 1.54) is 167 Å². The van der Waals surface area contributed by atoms with Crippen LogP contribution in [0.5, 0.6) is 0 Å². The first kappa shape index (κ1) is 34.5. The summed E-state index contributed by atoms with van der Waals surface area (Å²) in [5, 5.41) is 0. The largest absolute Gasteiger partial charge is 0.463 e. The topological polar surface area (TPSA) is 26.3 Å². The fraction of sp³-hybridized carbons (Fsp3) is 0.970. The number of hydrogen-bond donors (Lipinski definition) is 0. The lowest BCUT2D eigenvalue weighted by Gasteiger charge is -2.17. The maximum Gasteiger partial charge on any atom is 0.302 e. The Morgan fingerprint density at radius 2 is 0.657 bits per heavy atom. The lowest BCUT2D eigenvalue weighted by Crippen LogP contribution is -2.16. The lowest BCUT2D eigenvalue weighted by molar-refractivity contribution is -0.147. The van der Waals surface area contributed by atoms with Crippen molar-refractivity contribution in [1.82, 2.24) is 0 Å². The van der Waals surface area contributed by atoms with Crippen LogP contribution in [0.25, 0.3) is 0 Å². The number of esters is 1. The maximum absolute atomic E-state index is 11.5. The van der Waals surface area contributed by atoms with Gasteiger partial charge in [0.25, 0.3) is 0 Å². The van der Waals surface area contributed by atoms with Gasteiger partial charge in [0, 0.05) is 6.92 Å². The molecule has 0 N–H and O–H groups in total. The molecule has 210 valence electrons. The zero-order chi connectivity index (χ0) is 25.7. The minimum atomic E-state index is -0.0992. The van der Waals surface area contributed by atoms with Crippen molar-refractivity contribution in [1.29, 1.82) is 0 Å². The van der Waals surface area contributed by atoms with Crippen LogP contribution < -0.4 is 0 Å². The number of ether oxygens (including phenoxy) is 1. The first-order chi connectivity index (χ1) is 17.2. The molecule has 0 amide bonds.